The number of hydrogen-bond acceptors (Lipinski definition) is 4. The second-order valence-corrected chi connectivity index (χ2v) is 7.54. The monoisotopic (exact) mass is 358 g/mol. The van der Waals surface area contributed by atoms with Crippen molar-refractivity contribution < 1.29 is 4.79 Å². The number of aromatic nitrogens is 3. The van der Waals surface area contributed by atoms with Crippen LogP contribution in [0.2, 0.25) is 0 Å². The molecular weight excluding hydrogens is 332 g/mol. The molecule has 1 aromatic carbocycles. The highest BCUT2D eigenvalue weighted by Gasteiger charge is 2.24. The van der Waals surface area contributed by atoms with Gasteiger partial charge in [-0.1, -0.05) is 60.9 Å². The molecule has 1 aliphatic carbocycles. The SMILES string of the molecule is CCN(C(=O)CSc1n[nH]c(-c2ccc(C)cc2)n1)C1CCCCC1. The number of amides is 1. The lowest BCUT2D eigenvalue weighted by Gasteiger charge is -2.33. The second kappa shape index (κ2) is 8.52. The van der Waals surface area contributed by atoms with Crippen molar-refractivity contribution in [1.29, 1.82) is 0 Å². The van der Waals surface area contributed by atoms with Crippen molar-refractivity contribution in [3.8, 4) is 11.4 Å². The van der Waals surface area contributed by atoms with E-state index in [2.05, 4.69) is 41.2 Å². The maximum Gasteiger partial charge on any atom is 0.233 e. The molecule has 0 atom stereocenters. The third kappa shape index (κ3) is 4.63. The zero-order valence-electron chi connectivity index (χ0n) is 15.0. The number of carbonyl (C=O) groups excluding carboxylic acids is 1. The molecule has 1 fully saturated rings. The summed E-state index contributed by atoms with van der Waals surface area (Å²) >= 11 is 1.41. The van der Waals surface area contributed by atoms with Crippen LogP contribution in [0.5, 0.6) is 0 Å². The summed E-state index contributed by atoms with van der Waals surface area (Å²) in [6.45, 7) is 4.91. The third-order valence-corrected chi connectivity index (χ3v) is 5.62. The van der Waals surface area contributed by atoms with Gasteiger partial charge in [0.25, 0.3) is 0 Å². The Balaban J connectivity index is 1.57. The van der Waals surface area contributed by atoms with E-state index in [9.17, 15) is 4.79 Å². The highest BCUT2D eigenvalue weighted by atomic mass is 32.2. The van der Waals surface area contributed by atoms with Gasteiger partial charge in [-0.05, 0) is 26.7 Å². The fourth-order valence-electron chi connectivity index (χ4n) is 3.39. The fourth-order valence-corrected chi connectivity index (χ4v) is 4.08. The summed E-state index contributed by atoms with van der Waals surface area (Å²) in [6.07, 6.45) is 6.06. The van der Waals surface area contributed by atoms with Crippen LogP contribution in [0.15, 0.2) is 29.4 Å². The Morgan fingerprint density at radius 2 is 1.96 bits per heavy atom. The number of rotatable bonds is 6. The van der Waals surface area contributed by atoms with Gasteiger partial charge in [-0.25, -0.2) is 4.98 Å². The maximum atomic E-state index is 12.6. The smallest absolute Gasteiger partial charge is 0.233 e. The lowest BCUT2D eigenvalue weighted by Crippen LogP contribution is -2.42. The van der Waals surface area contributed by atoms with E-state index in [1.54, 1.807) is 0 Å². The van der Waals surface area contributed by atoms with Crippen molar-refractivity contribution in [2.24, 2.45) is 0 Å². The Kier molecular flexibility index (Phi) is 6.13. The Morgan fingerprint density at radius 1 is 1.24 bits per heavy atom. The molecule has 1 amide bonds. The molecule has 0 unspecified atom stereocenters. The first kappa shape index (κ1) is 18.0. The minimum atomic E-state index is 0.195. The van der Waals surface area contributed by atoms with E-state index < -0.39 is 0 Å². The molecule has 0 bridgehead atoms. The van der Waals surface area contributed by atoms with Gasteiger partial charge >= 0.3 is 0 Å². The van der Waals surface area contributed by atoms with E-state index in [0.29, 0.717) is 17.0 Å². The summed E-state index contributed by atoms with van der Waals surface area (Å²) in [6, 6.07) is 8.58. The topological polar surface area (TPSA) is 61.9 Å². The molecule has 1 N–H and O–H groups in total. The molecule has 134 valence electrons. The summed E-state index contributed by atoms with van der Waals surface area (Å²) in [4.78, 5) is 19.1. The van der Waals surface area contributed by atoms with Crippen molar-refractivity contribution in [2.75, 3.05) is 12.3 Å². The van der Waals surface area contributed by atoms with Crippen molar-refractivity contribution >= 4 is 17.7 Å². The van der Waals surface area contributed by atoms with Crippen molar-refractivity contribution in [3.05, 3.63) is 29.8 Å². The number of aryl methyl sites for hydroxylation is 1. The van der Waals surface area contributed by atoms with Crippen molar-refractivity contribution in [2.45, 2.75) is 57.1 Å². The summed E-state index contributed by atoms with van der Waals surface area (Å²) in [5, 5.41) is 7.83. The summed E-state index contributed by atoms with van der Waals surface area (Å²) in [7, 11) is 0. The van der Waals surface area contributed by atoms with Crippen LogP contribution in [0.1, 0.15) is 44.6 Å². The normalized spacial score (nSPS) is 15.3. The van der Waals surface area contributed by atoms with Gasteiger partial charge in [0.05, 0.1) is 5.75 Å². The molecule has 1 saturated carbocycles. The second-order valence-electron chi connectivity index (χ2n) is 6.59. The number of aromatic amines is 1. The number of carbonyl (C=O) groups is 1. The average Bonchev–Trinajstić information content (AvgIpc) is 3.11. The van der Waals surface area contributed by atoms with Crippen LogP contribution >= 0.6 is 11.8 Å². The van der Waals surface area contributed by atoms with Crippen LogP contribution in [0, 0.1) is 6.92 Å². The van der Waals surface area contributed by atoms with Gasteiger partial charge in [-0.3, -0.25) is 9.89 Å². The van der Waals surface area contributed by atoms with Gasteiger partial charge < -0.3 is 4.90 Å². The molecular formula is C19H26N4OS. The van der Waals surface area contributed by atoms with Crippen molar-refractivity contribution in [1.82, 2.24) is 20.1 Å². The molecule has 3 rings (SSSR count). The minimum Gasteiger partial charge on any atom is -0.339 e. The van der Waals surface area contributed by atoms with E-state index in [4.69, 9.17) is 0 Å². The maximum absolute atomic E-state index is 12.6. The van der Waals surface area contributed by atoms with Gasteiger partial charge in [0, 0.05) is 18.2 Å². The van der Waals surface area contributed by atoms with Crippen LogP contribution in [0.25, 0.3) is 11.4 Å². The highest BCUT2D eigenvalue weighted by molar-refractivity contribution is 7.99. The molecule has 6 heteroatoms. The average molecular weight is 359 g/mol. The fraction of sp³-hybridized carbons (Fsp3) is 0.526. The van der Waals surface area contributed by atoms with E-state index in [1.165, 1.54) is 36.6 Å². The van der Waals surface area contributed by atoms with Crippen LogP contribution < -0.4 is 0 Å². The lowest BCUT2D eigenvalue weighted by atomic mass is 9.94. The van der Waals surface area contributed by atoms with E-state index >= 15 is 0 Å². The highest BCUT2D eigenvalue weighted by Crippen LogP contribution is 2.24. The quantitative estimate of drug-likeness (QED) is 0.791. The molecule has 1 heterocycles. The van der Waals surface area contributed by atoms with Gasteiger partial charge in [0.15, 0.2) is 5.82 Å². The van der Waals surface area contributed by atoms with Gasteiger partial charge in [-0.2, -0.15) is 0 Å². The molecule has 1 aromatic heterocycles. The summed E-state index contributed by atoms with van der Waals surface area (Å²) in [5.41, 5.74) is 2.22. The van der Waals surface area contributed by atoms with Crippen LogP contribution in [0.3, 0.4) is 0 Å². The number of H-pyrrole nitrogens is 1. The zero-order valence-corrected chi connectivity index (χ0v) is 15.8. The number of thioether (sulfide) groups is 1. The van der Waals surface area contributed by atoms with E-state index in [0.717, 1.165) is 30.8 Å². The molecule has 1 aliphatic rings. The Hall–Kier alpha value is -1.82. The predicted octanol–water partition coefficient (Wildman–Crippen LogP) is 4.05. The lowest BCUT2D eigenvalue weighted by molar-refractivity contribution is -0.131. The standard InChI is InChI=1S/C19H26N4OS/c1-3-23(16-7-5-4-6-8-16)17(24)13-25-19-20-18(21-22-19)15-11-9-14(2)10-12-15/h9-12,16H,3-8,13H2,1-2H3,(H,20,21,22). The predicted molar refractivity (Wildman–Crippen MR) is 102 cm³/mol. The first-order valence-corrected chi connectivity index (χ1v) is 10.1. The van der Waals surface area contributed by atoms with Crippen LogP contribution in [-0.4, -0.2) is 44.3 Å². The van der Waals surface area contributed by atoms with Crippen LogP contribution in [-0.2, 0) is 4.79 Å². The van der Waals surface area contributed by atoms with E-state index in [1.807, 2.05) is 17.0 Å². The Morgan fingerprint density at radius 3 is 2.64 bits per heavy atom. The molecule has 0 aliphatic heterocycles. The Labute approximate surface area is 153 Å². The summed E-state index contributed by atoms with van der Waals surface area (Å²) in [5.74, 6) is 1.34. The van der Waals surface area contributed by atoms with Crippen molar-refractivity contribution in [3.63, 3.8) is 0 Å². The molecule has 5 nitrogen and oxygen atoms in total. The molecule has 25 heavy (non-hydrogen) atoms. The van der Waals surface area contributed by atoms with Gasteiger partial charge in [-0.15, -0.1) is 5.10 Å². The molecule has 2 aromatic rings. The first-order valence-electron chi connectivity index (χ1n) is 9.09. The van der Waals surface area contributed by atoms with Gasteiger partial charge in [0.2, 0.25) is 11.1 Å². The number of nitrogens with zero attached hydrogens (tertiary/aromatic N) is 3. The third-order valence-electron chi connectivity index (χ3n) is 4.79. The first-order chi connectivity index (χ1) is 12.2. The van der Waals surface area contributed by atoms with Crippen LogP contribution in [0.4, 0.5) is 0 Å². The largest absolute Gasteiger partial charge is 0.339 e. The molecule has 0 radical (unpaired) electrons. The Bertz CT molecular complexity index is 692. The number of nitrogens with one attached hydrogen (secondary N) is 1. The molecule has 0 saturated heterocycles. The zero-order chi connectivity index (χ0) is 17.6. The van der Waals surface area contributed by atoms with E-state index in [-0.39, 0.29) is 5.91 Å². The number of hydrogen-bond donors (Lipinski definition) is 1. The molecule has 0 spiro atoms. The van der Waals surface area contributed by atoms with Gasteiger partial charge in [0.1, 0.15) is 0 Å². The minimum absolute atomic E-state index is 0.195. The number of benzene rings is 1. The summed E-state index contributed by atoms with van der Waals surface area (Å²) < 4.78 is 0.